The lowest BCUT2D eigenvalue weighted by atomic mass is 10.3. The van der Waals surface area contributed by atoms with Crippen LogP contribution in [0.1, 0.15) is 11.0 Å². The molecular formula is C5H8N2OS. The fraction of sp³-hybridized carbons (Fsp3) is 0.400. The van der Waals surface area contributed by atoms with Crippen LogP contribution in [0.3, 0.4) is 0 Å². The highest BCUT2D eigenvalue weighted by molar-refractivity contribution is 7.09. The molecule has 1 atom stereocenters. The van der Waals surface area contributed by atoms with Gasteiger partial charge < -0.3 is 10.8 Å². The molecule has 0 unspecified atom stereocenters. The van der Waals surface area contributed by atoms with Crippen molar-refractivity contribution in [3.8, 4) is 0 Å². The number of nitrogens with zero attached hydrogens (tertiary/aromatic N) is 1. The van der Waals surface area contributed by atoms with Gasteiger partial charge in [-0.05, 0) is 0 Å². The van der Waals surface area contributed by atoms with E-state index in [1.807, 2.05) is 0 Å². The Kier molecular flexibility index (Phi) is 2.16. The van der Waals surface area contributed by atoms with Crippen molar-refractivity contribution in [1.82, 2.24) is 4.98 Å². The average Bonchev–Trinajstić information content (AvgIpc) is 2.37. The smallest absolute Gasteiger partial charge is 0.102 e. The Morgan fingerprint density at radius 2 is 2.67 bits per heavy atom. The molecule has 0 saturated carbocycles. The maximum Gasteiger partial charge on any atom is 0.102 e. The van der Waals surface area contributed by atoms with Gasteiger partial charge in [-0.1, -0.05) is 0 Å². The van der Waals surface area contributed by atoms with E-state index in [2.05, 4.69) is 4.98 Å². The number of nitrogens with two attached hydrogens (primary N) is 1. The third kappa shape index (κ3) is 1.48. The molecule has 3 nitrogen and oxygen atoms in total. The monoisotopic (exact) mass is 144 g/mol. The summed E-state index contributed by atoms with van der Waals surface area (Å²) in [6, 6.07) is 0. The Balaban J connectivity index is 2.65. The van der Waals surface area contributed by atoms with Crippen LogP contribution in [0.5, 0.6) is 0 Å². The molecule has 50 valence electrons. The highest BCUT2D eigenvalue weighted by atomic mass is 32.1. The average molecular weight is 144 g/mol. The van der Waals surface area contributed by atoms with Gasteiger partial charge in [0.25, 0.3) is 0 Å². The van der Waals surface area contributed by atoms with E-state index in [1.54, 1.807) is 11.7 Å². The van der Waals surface area contributed by atoms with Crippen molar-refractivity contribution in [3.05, 3.63) is 16.6 Å². The van der Waals surface area contributed by atoms with Gasteiger partial charge in [0.05, 0.1) is 10.4 Å². The summed E-state index contributed by atoms with van der Waals surface area (Å²) in [5.74, 6) is 0. The molecule has 1 rings (SSSR count). The standard InChI is InChI=1S/C5H8N2OS/c6-1-4(8)5-2-7-3-9-5/h2-4,8H,1,6H2/t4-/m1/s1. The van der Waals surface area contributed by atoms with E-state index < -0.39 is 6.10 Å². The lowest BCUT2D eigenvalue weighted by Gasteiger charge is -2.00. The van der Waals surface area contributed by atoms with Crippen LogP contribution in [0.4, 0.5) is 0 Å². The van der Waals surface area contributed by atoms with Crippen LogP contribution < -0.4 is 5.73 Å². The number of hydrogen-bond acceptors (Lipinski definition) is 4. The molecule has 0 spiro atoms. The molecular weight excluding hydrogens is 136 g/mol. The fourth-order valence-corrected chi connectivity index (χ4v) is 1.12. The first-order chi connectivity index (χ1) is 4.34. The van der Waals surface area contributed by atoms with Crippen LogP contribution in [0.15, 0.2) is 11.7 Å². The zero-order valence-electron chi connectivity index (χ0n) is 4.82. The second-order valence-electron chi connectivity index (χ2n) is 1.66. The molecule has 0 bridgehead atoms. The molecule has 0 aliphatic heterocycles. The Morgan fingerprint density at radius 1 is 1.89 bits per heavy atom. The molecule has 0 fully saturated rings. The number of hydrogen-bond donors (Lipinski definition) is 2. The van der Waals surface area contributed by atoms with Crippen molar-refractivity contribution >= 4 is 11.3 Å². The van der Waals surface area contributed by atoms with Crippen molar-refractivity contribution in [2.45, 2.75) is 6.10 Å². The number of thiazole rings is 1. The molecule has 0 aromatic carbocycles. The van der Waals surface area contributed by atoms with Gasteiger partial charge in [-0.25, -0.2) is 0 Å². The summed E-state index contributed by atoms with van der Waals surface area (Å²) >= 11 is 1.41. The fourth-order valence-electron chi connectivity index (χ4n) is 0.506. The quantitative estimate of drug-likeness (QED) is 0.620. The summed E-state index contributed by atoms with van der Waals surface area (Å²) in [6.45, 7) is 0.266. The van der Waals surface area contributed by atoms with Crippen LogP contribution in [0, 0.1) is 0 Å². The molecule has 0 aliphatic rings. The van der Waals surface area contributed by atoms with Crippen LogP contribution in [-0.4, -0.2) is 16.6 Å². The SMILES string of the molecule is NC[C@@H](O)c1cncs1. The molecule has 0 aliphatic carbocycles. The summed E-state index contributed by atoms with van der Waals surface area (Å²) in [5, 5.41) is 9.06. The van der Waals surface area contributed by atoms with E-state index in [-0.39, 0.29) is 6.54 Å². The maximum absolute atomic E-state index is 9.06. The lowest BCUT2D eigenvalue weighted by Crippen LogP contribution is -2.09. The van der Waals surface area contributed by atoms with E-state index in [4.69, 9.17) is 10.8 Å². The zero-order chi connectivity index (χ0) is 6.69. The number of rotatable bonds is 2. The second-order valence-corrected chi connectivity index (χ2v) is 2.57. The third-order valence-corrected chi connectivity index (χ3v) is 1.88. The van der Waals surface area contributed by atoms with Crippen molar-refractivity contribution in [2.24, 2.45) is 5.73 Å². The minimum atomic E-state index is -0.530. The summed E-state index contributed by atoms with van der Waals surface area (Å²) in [6.07, 6.45) is 1.10. The number of aromatic nitrogens is 1. The van der Waals surface area contributed by atoms with Crippen LogP contribution in [0.2, 0.25) is 0 Å². The highest BCUT2D eigenvalue weighted by Crippen LogP contribution is 2.14. The van der Waals surface area contributed by atoms with E-state index in [9.17, 15) is 0 Å². The number of aliphatic hydroxyl groups is 1. The first-order valence-corrected chi connectivity index (χ1v) is 3.49. The van der Waals surface area contributed by atoms with E-state index in [1.165, 1.54) is 11.3 Å². The molecule has 4 heteroatoms. The normalized spacial score (nSPS) is 13.6. The molecule has 0 amide bonds. The molecule has 1 aromatic heterocycles. The minimum Gasteiger partial charge on any atom is -0.386 e. The van der Waals surface area contributed by atoms with Crippen molar-refractivity contribution in [2.75, 3.05) is 6.54 Å². The van der Waals surface area contributed by atoms with Gasteiger partial charge in [0.15, 0.2) is 0 Å². The maximum atomic E-state index is 9.06. The van der Waals surface area contributed by atoms with Gasteiger partial charge in [-0.2, -0.15) is 0 Å². The van der Waals surface area contributed by atoms with E-state index in [0.29, 0.717) is 0 Å². The summed E-state index contributed by atoms with van der Waals surface area (Å²) in [5.41, 5.74) is 6.87. The first kappa shape index (κ1) is 6.67. The van der Waals surface area contributed by atoms with Gasteiger partial charge >= 0.3 is 0 Å². The molecule has 1 heterocycles. The lowest BCUT2D eigenvalue weighted by molar-refractivity contribution is 0.190. The predicted octanol–water partition coefficient (Wildman–Crippen LogP) is 0.135. The Morgan fingerprint density at radius 3 is 3.11 bits per heavy atom. The van der Waals surface area contributed by atoms with E-state index >= 15 is 0 Å². The topological polar surface area (TPSA) is 59.1 Å². The summed E-state index contributed by atoms with van der Waals surface area (Å²) in [4.78, 5) is 4.63. The molecule has 3 N–H and O–H groups in total. The van der Waals surface area contributed by atoms with Crippen LogP contribution in [0.25, 0.3) is 0 Å². The molecule has 1 aromatic rings. The van der Waals surface area contributed by atoms with Crippen molar-refractivity contribution in [1.29, 1.82) is 0 Å². The van der Waals surface area contributed by atoms with Crippen LogP contribution >= 0.6 is 11.3 Å². The van der Waals surface area contributed by atoms with Gasteiger partial charge in [-0.15, -0.1) is 11.3 Å². The minimum absolute atomic E-state index is 0.266. The van der Waals surface area contributed by atoms with Gasteiger partial charge in [0, 0.05) is 12.7 Å². The third-order valence-electron chi connectivity index (χ3n) is 1.00. The summed E-state index contributed by atoms with van der Waals surface area (Å²) < 4.78 is 0. The highest BCUT2D eigenvalue weighted by Gasteiger charge is 2.04. The zero-order valence-corrected chi connectivity index (χ0v) is 5.64. The Labute approximate surface area is 57.2 Å². The molecule has 0 radical (unpaired) electrons. The second kappa shape index (κ2) is 2.91. The Bertz CT molecular complexity index is 163. The largest absolute Gasteiger partial charge is 0.386 e. The van der Waals surface area contributed by atoms with Gasteiger partial charge in [0.1, 0.15) is 6.10 Å². The van der Waals surface area contributed by atoms with Crippen molar-refractivity contribution < 1.29 is 5.11 Å². The molecule has 9 heavy (non-hydrogen) atoms. The number of aliphatic hydroxyl groups excluding tert-OH is 1. The van der Waals surface area contributed by atoms with Gasteiger partial charge in [-0.3, -0.25) is 4.98 Å². The van der Waals surface area contributed by atoms with Crippen molar-refractivity contribution in [3.63, 3.8) is 0 Å². The predicted molar refractivity (Wildman–Crippen MR) is 36.1 cm³/mol. The first-order valence-electron chi connectivity index (χ1n) is 2.61. The molecule has 0 saturated heterocycles. The summed E-state index contributed by atoms with van der Waals surface area (Å²) in [7, 11) is 0. The van der Waals surface area contributed by atoms with Gasteiger partial charge in [0.2, 0.25) is 0 Å². The van der Waals surface area contributed by atoms with E-state index in [0.717, 1.165) is 4.88 Å². The van der Waals surface area contributed by atoms with Crippen LogP contribution in [-0.2, 0) is 0 Å². The Hall–Kier alpha value is -0.450.